The third-order valence-electron chi connectivity index (χ3n) is 4.53. The number of aromatic nitrogens is 3. The normalized spacial score (nSPS) is 22.0. The molecule has 6 nitrogen and oxygen atoms in total. The van der Waals surface area contributed by atoms with Crippen LogP contribution in [0.3, 0.4) is 0 Å². The van der Waals surface area contributed by atoms with Crippen LogP contribution in [0.2, 0.25) is 0 Å². The lowest BCUT2D eigenvalue weighted by Crippen LogP contribution is -2.48. The second-order valence-electron chi connectivity index (χ2n) is 6.99. The Bertz CT molecular complexity index is 531. The molecule has 0 bridgehead atoms. The van der Waals surface area contributed by atoms with Gasteiger partial charge in [-0.05, 0) is 43.6 Å². The number of hydrogen-bond donors (Lipinski definition) is 1. The van der Waals surface area contributed by atoms with Crippen molar-refractivity contribution in [2.75, 3.05) is 31.6 Å². The average molecular weight is 353 g/mol. The average Bonchev–Trinajstić information content (AvgIpc) is 2.85. The first-order chi connectivity index (χ1) is 11.5. The molecule has 0 saturated carbocycles. The minimum Gasteiger partial charge on any atom is -0.356 e. The number of nitrogens with zero attached hydrogens (tertiary/aromatic N) is 5. The minimum absolute atomic E-state index is 0.571. The third-order valence-corrected chi connectivity index (χ3v) is 5.23. The van der Waals surface area contributed by atoms with Crippen LogP contribution in [-0.4, -0.2) is 57.3 Å². The highest BCUT2D eigenvalue weighted by Crippen LogP contribution is 2.21. The number of thioether (sulfide) groups is 1. The van der Waals surface area contributed by atoms with Crippen molar-refractivity contribution in [2.24, 2.45) is 23.9 Å². The quantitative estimate of drug-likeness (QED) is 0.484. The fraction of sp³-hybridized carbons (Fsp3) is 0.824. The molecule has 7 heteroatoms. The summed E-state index contributed by atoms with van der Waals surface area (Å²) in [5.74, 6) is 5.46. The van der Waals surface area contributed by atoms with Gasteiger partial charge in [-0.3, -0.25) is 0 Å². The highest BCUT2D eigenvalue weighted by molar-refractivity contribution is 7.98. The van der Waals surface area contributed by atoms with Crippen LogP contribution in [0.4, 0.5) is 0 Å². The van der Waals surface area contributed by atoms with Gasteiger partial charge in [-0.2, -0.15) is 11.8 Å². The Morgan fingerprint density at radius 2 is 2.00 bits per heavy atom. The van der Waals surface area contributed by atoms with E-state index in [-0.39, 0.29) is 0 Å². The van der Waals surface area contributed by atoms with Crippen molar-refractivity contribution in [3.05, 3.63) is 11.6 Å². The van der Waals surface area contributed by atoms with E-state index in [0.29, 0.717) is 18.4 Å². The number of hydrogen-bond acceptors (Lipinski definition) is 4. The van der Waals surface area contributed by atoms with Crippen LogP contribution in [0.5, 0.6) is 0 Å². The molecule has 1 aromatic rings. The number of aryl methyl sites for hydroxylation is 1. The molecule has 2 rings (SSSR count). The Labute approximate surface area is 150 Å². The lowest BCUT2D eigenvalue weighted by atomic mass is 9.92. The summed E-state index contributed by atoms with van der Waals surface area (Å²) in [4.78, 5) is 7.28. The number of rotatable bonds is 6. The Balaban J connectivity index is 2.06. The minimum atomic E-state index is 0.571. The summed E-state index contributed by atoms with van der Waals surface area (Å²) >= 11 is 1.89. The molecule has 24 heavy (non-hydrogen) atoms. The van der Waals surface area contributed by atoms with Gasteiger partial charge in [0.15, 0.2) is 11.8 Å². The van der Waals surface area contributed by atoms with Crippen LogP contribution in [0.15, 0.2) is 4.99 Å². The Hall–Kier alpha value is -1.24. The predicted octanol–water partition coefficient (Wildman–Crippen LogP) is 2.30. The van der Waals surface area contributed by atoms with Crippen molar-refractivity contribution >= 4 is 17.7 Å². The summed E-state index contributed by atoms with van der Waals surface area (Å²) in [6.07, 6.45) is 4.61. The number of guanidine groups is 1. The van der Waals surface area contributed by atoms with Crippen molar-refractivity contribution in [3.8, 4) is 0 Å². The fourth-order valence-corrected chi connectivity index (χ4v) is 3.69. The van der Waals surface area contributed by atoms with E-state index in [4.69, 9.17) is 4.99 Å². The van der Waals surface area contributed by atoms with Crippen LogP contribution in [0.1, 0.15) is 38.3 Å². The molecule has 1 fully saturated rings. The summed E-state index contributed by atoms with van der Waals surface area (Å²) in [5.41, 5.74) is 0. The molecule has 1 aliphatic heterocycles. The molecule has 2 heterocycles. The molecule has 0 radical (unpaired) electrons. The van der Waals surface area contributed by atoms with Gasteiger partial charge >= 0.3 is 0 Å². The number of piperidine rings is 1. The zero-order chi connectivity index (χ0) is 17.5. The maximum atomic E-state index is 4.86. The Morgan fingerprint density at radius 1 is 1.29 bits per heavy atom. The highest BCUT2D eigenvalue weighted by atomic mass is 32.2. The van der Waals surface area contributed by atoms with Gasteiger partial charge in [-0.1, -0.05) is 13.8 Å². The smallest absolute Gasteiger partial charge is 0.194 e. The van der Waals surface area contributed by atoms with Gasteiger partial charge < -0.3 is 14.8 Å². The van der Waals surface area contributed by atoms with Crippen molar-refractivity contribution in [3.63, 3.8) is 0 Å². The zero-order valence-corrected chi connectivity index (χ0v) is 16.6. The van der Waals surface area contributed by atoms with E-state index in [1.807, 2.05) is 30.3 Å². The highest BCUT2D eigenvalue weighted by Gasteiger charge is 2.24. The first-order valence-corrected chi connectivity index (χ1v) is 10.3. The number of nitrogens with one attached hydrogen (secondary N) is 1. The molecule has 2 atom stereocenters. The molecule has 1 aromatic heterocycles. The van der Waals surface area contributed by atoms with Crippen LogP contribution < -0.4 is 5.32 Å². The van der Waals surface area contributed by atoms with Crippen molar-refractivity contribution in [2.45, 2.75) is 40.2 Å². The van der Waals surface area contributed by atoms with Crippen molar-refractivity contribution in [1.82, 2.24) is 25.0 Å². The van der Waals surface area contributed by atoms with Gasteiger partial charge in [0.25, 0.3) is 0 Å². The zero-order valence-electron chi connectivity index (χ0n) is 15.7. The van der Waals surface area contributed by atoms with Crippen molar-refractivity contribution < 1.29 is 0 Å². The van der Waals surface area contributed by atoms with Crippen LogP contribution in [0.25, 0.3) is 0 Å². The molecule has 0 aromatic carbocycles. The summed E-state index contributed by atoms with van der Waals surface area (Å²) in [6, 6.07) is 0. The van der Waals surface area contributed by atoms with Crippen LogP contribution >= 0.6 is 11.8 Å². The molecule has 1 N–H and O–H groups in total. The van der Waals surface area contributed by atoms with E-state index in [1.54, 1.807) is 0 Å². The molecular weight excluding hydrogens is 320 g/mol. The third kappa shape index (κ3) is 5.40. The lowest BCUT2D eigenvalue weighted by molar-refractivity contribution is 0.208. The Kier molecular flexibility index (Phi) is 7.40. The summed E-state index contributed by atoms with van der Waals surface area (Å²) in [5, 5.41) is 11.9. The fourth-order valence-electron chi connectivity index (χ4n) is 3.25. The predicted molar refractivity (Wildman–Crippen MR) is 102 cm³/mol. The second-order valence-corrected chi connectivity index (χ2v) is 7.97. The molecule has 0 spiro atoms. The topological polar surface area (TPSA) is 58.3 Å². The SMILES string of the molecule is CSCCCNC(=NCc1nnc(C)n1C)N1CC(C)CC(C)C1. The first kappa shape index (κ1) is 19.1. The monoisotopic (exact) mass is 352 g/mol. The molecule has 0 amide bonds. The molecule has 1 aliphatic rings. The largest absolute Gasteiger partial charge is 0.356 e. The maximum Gasteiger partial charge on any atom is 0.194 e. The number of aliphatic imine (C=N–C) groups is 1. The van der Waals surface area contributed by atoms with E-state index in [9.17, 15) is 0 Å². The molecule has 1 saturated heterocycles. The maximum absolute atomic E-state index is 4.86. The summed E-state index contributed by atoms with van der Waals surface area (Å²) in [6.45, 7) is 10.3. The van der Waals surface area contributed by atoms with Gasteiger partial charge in [0.05, 0.1) is 0 Å². The lowest BCUT2D eigenvalue weighted by Gasteiger charge is -2.37. The van der Waals surface area contributed by atoms with E-state index in [1.165, 1.54) is 12.2 Å². The number of likely N-dealkylation sites (tertiary alicyclic amines) is 1. The van der Waals surface area contributed by atoms with E-state index in [0.717, 1.165) is 43.7 Å². The van der Waals surface area contributed by atoms with Gasteiger partial charge in [0.2, 0.25) is 0 Å². The first-order valence-electron chi connectivity index (χ1n) is 8.88. The van der Waals surface area contributed by atoms with E-state index in [2.05, 4.69) is 40.5 Å². The van der Waals surface area contributed by atoms with Crippen molar-refractivity contribution in [1.29, 1.82) is 0 Å². The van der Waals surface area contributed by atoms with Gasteiger partial charge in [-0.15, -0.1) is 10.2 Å². The molecular formula is C17H32N6S. The Morgan fingerprint density at radius 3 is 2.58 bits per heavy atom. The molecule has 0 aliphatic carbocycles. The van der Waals surface area contributed by atoms with Crippen LogP contribution in [-0.2, 0) is 13.6 Å². The summed E-state index contributed by atoms with van der Waals surface area (Å²) in [7, 11) is 2.00. The molecule has 136 valence electrons. The standard InChI is InChI=1S/C17H32N6S/c1-13-9-14(2)12-23(11-13)17(18-7-6-8-24-5)19-10-16-21-20-15(3)22(16)4/h13-14H,6-12H2,1-5H3,(H,18,19). The molecule has 2 unspecified atom stereocenters. The van der Waals surface area contributed by atoms with Crippen LogP contribution in [0, 0.1) is 18.8 Å². The van der Waals surface area contributed by atoms with Gasteiger partial charge in [-0.25, -0.2) is 4.99 Å². The summed E-state index contributed by atoms with van der Waals surface area (Å²) < 4.78 is 2.01. The van der Waals surface area contributed by atoms with E-state index >= 15 is 0 Å². The van der Waals surface area contributed by atoms with E-state index < -0.39 is 0 Å². The van der Waals surface area contributed by atoms with Gasteiger partial charge in [0, 0.05) is 26.7 Å². The second kappa shape index (κ2) is 9.30. The van der Waals surface area contributed by atoms with Gasteiger partial charge in [0.1, 0.15) is 12.4 Å².